The zero-order chi connectivity index (χ0) is 25.3. The smallest absolute Gasteiger partial charge is 0.254 e. The molecule has 3 aliphatic rings. The molecule has 0 fully saturated rings. The van der Waals surface area contributed by atoms with Crippen molar-refractivity contribution < 1.29 is 34.8 Å². The van der Waals surface area contributed by atoms with Gasteiger partial charge in [0.15, 0.2) is 17.2 Å². The second-order valence-corrected chi connectivity index (χ2v) is 9.27. The lowest BCUT2D eigenvalue weighted by Gasteiger charge is -2.47. The maximum atomic E-state index is 13.7. The van der Waals surface area contributed by atoms with Crippen molar-refractivity contribution in [1.82, 2.24) is 0 Å². The van der Waals surface area contributed by atoms with Crippen LogP contribution in [0.3, 0.4) is 0 Å². The molecule has 180 valence electrons. The molecule has 0 saturated carbocycles. The lowest BCUT2D eigenvalue weighted by atomic mass is 9.60. The number of benzene rings is 1. The van der Waals surface area contributed by atoms with Crippen LogP contribution in [0.4, 0.5) is 5.69 Å². The van der Waals surface area contributed by atoms with Gasteiger partial charge in [-0.15, -0.1) is 0 Å². The Hall–Kier alpha value is -3.66. The van der Waals surface area contributed by atoms with Crippen molar-refractivity contribution >= 4 is 28.9 Å². The summed E-state index contributed by atoms with van der Waals surface area (Å²) in [6.07, 6.45) is 0.244. The van der Waals surface area contributed by atoms with Crippen molar-refractivity contribution in [3.05, 3.63) is 45.4 Å². The van der Waals surface area contributed by atoms with E-state index in [0.717, 1.165) is 0 Å². The molecule has 1 amide bonds. The van der Waals surface area contributed by atoms with Crippen molar-refractivity contribution in [3.8, 4) is 5.75 Å². The first-order valence-corrected chi connectivity index (χ1v) is 11.0. The number of ketones is 2. The predicted octanol–water partition coefficient (Wildman–Crippen LogP) is 1.69. The van der Waals surface area contributed by atoms with Gasteiger partial charge in [-0.05, 0) is 30.4 Å². The van der Waals surface area contributed by atoms with Crippen LogP contribution in [0.5, 0.6) is 5.75 Å². The van der Waals surface area contributed by atoms with Gasteiger partial charge >= 0.3 is 0 Å². The number of aliphatic hydroxyl groups excluding tert-OH is 2. The average Bonchev–Trinajstić information content (AvgIpc) is 2.75. The van der Waals surface area contributed by atoms with Crippen molar-refractivity contribution in [2.24, 2.45) is 17.6 Å². The number of carbonyl (C=O) groups excluding carboxylic acids is 3. The van der Waals surface area contributed by atoms with Gasteiger partial charge in [-0.2, -0.15) is 0 Å². The van der Waals surface area contributed by atoms with E-state index in [9.17, 15) is 34.8 Å². The second-order valence-electron chi connectivity index (χ2n) is 9.27. The molecule has 3 aliphatic carbocycles. The zero-order valence-electron chi connectivity index (χ0n) is 19.1. The molecule has 1 aromatic rings. The number of rotatable bonds is 4. The van der Waals surface area contributed by atoms with Crippen LogP contribution < -0.4 is 10.6 Å². The summed E-state index contributed by atoms with van der Waals surface area (Å²) in [4.78, 5) is 39.7. The molecule has 0 unspecified atom stereocenters. The highest BCUT2D eigenvalue weighted by Crippen LogP contribution is 2.52. The summed E-state index contributed by atoms with van der Waals surface area (Å²) >= 11 is 0. The number of phenols is 1. The average molecular weight is 469 g/mol. The standard InChI is InChI=1S/C24H27N3O7/c1-4-14(28)12-8-13(27(2)3)11-6-9-5-10-7-15(29)18(23(26)33)21(25)24(10,34)22(32)16(9)20(31)17(11)19(12)30/h8-10,25,29-30,32,34H,4-7H2,1-3H3,(H2,26,33)/t9-,10+,24-/m1/s1. The van der Waals surface area contributed by atoms with Crippen molar-refractivity contribution in [2.75, 3.05) is 19.0 Å². The molecule has 10 nitrogen and oxygen atoms in total. The number of carbonyl (C=O) groups is 3. The van der Waals surface area contributed by atoms with Gasteiger partial charge in [0.25, 0.3) is 5.91 Å². The summed E-state index contributed by atoms with van der Waals surface area (Å²) in [5, 5.41) is 52.1. The summed E-state index contributed by atoms with van der Waals surface area (Å²) in [6.45, 7) is 1.63. The minimum Gasteiger partial charge on any atom is -0.511 e. The van der Waals surface area contributed by atoms with Crippen LogP contribution in [-0.4, -0.2) is 63.3 Å². The van der Waals surface area contributed by atoms with Crippen LogP contribution in [0.25, 0.3) is 0 Å². The number of nitrogens with one attached hydrogen (secondary N) is 1. The number of primary amides is 1. The van der Waals surface area contributed by atoms with Crippen LogP contribution in [0.15, 0.2) is 28.7 Å². The molecule has 0 radical (unpaired) electrons. The van der Waals surface area contributed by atoms with Gasteiger partial charge in [-0.3, -0.25) is 14.4 Å². The van der Waals surface area contributed by atoms with Gasteiger partial charge in [0.1, 0.15) is 22.8 Å². The molecule has 3 atom stereocenters. The fourth-order valence-electron chi connectivity index (χ4n) is 5.52. The van der Waals surface area contributed by atoms with Gasteiger partial charge in [-0.25, -0.2) is 0 Å². The summed E-state index contributed by atoms with van der Waals surface area (Å²) in [6, 6.07) is 1.55. The van der Waals surface area contributed by atoms with E-state index in [2.05, 4.69) is 0 Å². The van der Waals surface area contributed by atoms with E-state index in [1.54, 1.807) is 32.0 Å². The number of aromatic hydroxyl groups is 1. The summed E-state index contributed by atoms with van der Waals surface area (Å²) in [7, 11) is 3.49. The number of nitrogens with two attached hydrogens (primary N) is 1. The third kappa shape index (κ3) is 2.98. The van der Waals surface area contributed by atoms with Crippen LogP contribution >= 0.6 is 0 Å². The Bertz CT molecular complexity index is 1240. The molecule has 7 N–H and O–H groups in total. The fraction of sp³-hybridized carbons (Fsp3) is 0.417. The first-order valence-electron chi connectivity index (χ1n) is 11.0. The molecule has 0 heterocycles. The highest BCUT2D eigenvalue weighted by Gasteiger charge is 2.58. The van der Waals surface area contributed by atoms with Crippen LogP contribution in [0, 0.1) is 17.2 Å². The SMILES string of the molecule is CCC(=O)c1cc(N(C)C)c2c(c1O)C(=O)C1=C(O)[C@]3(O)C(=N)C(C(N)=O)=C(O)C[C@@H]3C[C@@H]1C2. The van der Waals surface area contributed by atoms with E-state index in [0.29, 0.717) is 11.3 Å². The second kappa shape index (κ2) is 7.69. The Labute approximate surface area is 195 Å². The van der Waals surface area contributed by atoms with Crippen molar-refractivity contribution in [2.45, 2.75) is 38.2 Å². The van der Waals surface area contributed by atoms with E-state index < -0.39 is 57.7 Å². The quantitative estimate of drug-likeness (QED) is 0.360. The predicted molar refractivity (Wildman–Crippen MR) is 122 cm³/mol. The van der Waals surface area contributed by atoms with E-state index in [1.165, 1.54) is 0 Å². The topological polar surface area (TPSA) is 185 Å². The number of hydrogen-bond acceptors (Lipinski definition) is 9. The normalized spacial score (nSPS) is 26.1. The Kier molecular flexibility index (Phi) is 5.32. The molecular weight excluding hydrogens is 442 g/mol. The number of phenolic OH excluding ortho intramolecular Hbond substituents is 1. The molecule has 34 heavy (non-hydrogen) atoms. The minimum absolute atomic E-state index is 0.0153. The van der Waals surface area contributed by atoms with E-state index in [1.807, 2.05) is 0 Å². The molecule has 4 rings (SSSR count). The number of hydrogen-bond donors (Lipinski definition) is 6. The number of aliphatic hydroxyl groups is 3. The van der Waals surface area contributed by atoms with E-state index in [-0.39, 0.29) is 48.2 Å². The molecule has 0 aliphatic heterocycles. The van der Waals surface area contributed by atoms with Crippen LogP contribution in [-0.2, 0) is 11.2 Å². The molecule has 0 aromatic heterocycles. The highest BCUT2D eigenvalue weighted by atomic mass is 16.3. The third-order valence-corrected chi connectivity index (χ3v) is 7.20. The highest BCUT2D eigenvalue weighted by molar-refractivity contribution is 6.25. The third-order valence-electron chi connectivity index (χ3n) is 7.20. The van der Waals surface area contributed by atoms with Gasteiger partial charge in [0.05, 0.1) is 16.8 Å². The maximum Gasteiger partial charge on any atom is 0.254 e. The Balaban J connectivity index is 1.96. The zero-order valence-corrected chi connectivity index (χ0v) is 19.1. The van der Waals surface area contributed by atoms with Crippen molar-refractivity contribution in [3.63, 3.8) is 0 Å². The Morgan fingerprint density at radius 1 is 1.24 bits per heavy atom. The fourth-order valence-corrected chi connectivity index (χ4v) is 5.52. The number of Topliss-reactive ketones (excluding diaryl/α,β-unsaturated/α-hetero) is 2. The summed E-state index contributed by atoms with van der Waals surface area (Å²) < 4.78 is 0. The minimum atomic E-state index is -2.40. The largest absolute Gasteiger partial charge is 0.511 e. The monoisotopic (exact) mass is 469 g/mol. The molecule has 0 saturated heterocycles. The Morgan fingerprint density at radius 3 is 2.44 bits per heavy atom. The molecule has 0 bridgehead atoms. The first kappa shape index (κ1) is 23.5. The van der Waals surface area contributed by atoms with Crippen molar-refractivity contribution in [1.29, 1.82) is 5.41 Å². The lowest BCUT2D eigenvalue weighted by Crippen LogP contribution is -2.57. The molecule has 0 spiro atoms. The number of amides is 1. The Morgan fingerprint density at radius 2 is 1.88 bits per heavy atom. The first-order chi connectivity index (χ1) is 15.9. The maximum absolute atomic E-state index is 13.7. The number of nitrogens with zero attached hydrogens (tertiary/aromatic N) is 1. The number of fused-ring (bicyclic) bond motifs is 3. The van der Waals surface area contributed by atoms with E-state index in [4.69, 9.17) is 11.1 Å². The van der Waals surface area contributed by atoms with Gasteiger partial charge < -0.3 is 36.5 Å². The summed E-state index contributed by atoms with van der Waals surface area (Å²) in [5.74, 6) is -5.42. The van der Waals surface area contributed by atoms with Gasteiger partial charge in [0, 0.05) is 44.1 Å². The number of allylic oxidation sites excluding steroid dienone is 2. The lowest BCUT2D eigenvalue weighted by molar-refractivity contribution is -0.114. The van der Waals surface area contributed by atoms with Crippen LogP contribution in [0.1, 0.15) is 52.5 Å². The number of anilines is 1. The molecular formula is C24H27N3O7. The van der Waals surface area contributed by atoms with E-state index >= 15 is 0 Å². The van der Waals surface area contributed by atoms with Gasteiger partial charge in [-0.1, -0.05) is 6.92 Å². The van der Waals surface area contributed by atoms with Gasteiger partial charge in [0.2, 0.25) is 0 Å². The molecule has 1 aromatic carbocycles. The molecule has 10 heteroatoms. The summed E-state index contributed by atoms with van der Waals surface area (Å²) in [5.41, 5.74) is 2.28. The van der Waals surface area contributed by atoms with Crippen LogP contribution in [0.2, 0.25) is 0 Å².